The maximum Gasteiger partial charge on any atom is 0.142 e. The van der Waals surface area contributed by atoms with Gasteiger partial charge in [0.2, 0.25) is 0 Å². The summed E-state index contributed by atoms with van der Waals surface area (Å²) in [6, 6.07) is 2.78. The van der Waals surface area contributed by atoms with E-state index in [4.69, 9.17) is 11.6 Å². The lowest BCUT2D eigenvalue weighted by Crippen LogP contribution is -1.95. The zero-order valence-corrected chi connectivity index (χ0v) is 9.77. The second-order valence-corrected chi connectivity index (χ2v) is 4.02. The Morgan fingerprint density at radius 1 is 1.44 bits per heavy atom. The second-order valence-electron chi connectivity index (χ2n) is 3.64. The molecule has 0 bridgehead atoms. The molecule has 0 aliphatic rings. The maximum atomic E-state index is 13.3. The van der Waals surface area contributed by atoms with Crippen molar-refractivity contribution in [2.45, 2.75) is 20.3 Å². The molecule has 4 heteroatoms. The molecule has 0 atom stereocenters. The number of aromatic hydroxyl groups is 1. The van der Waals surface area contributed by atoms with E-state index >= 15 is 0 Å². The van der Waals surface area contributed by atoms with E-state index in [0.717, 1.165) is 5.69 Å². The van der Waals surface area contributed by atoms with E-state index in [-0.39, 0.29) is 16.2 Å². The van der Waals surface area contributed by atoms with Gasteiger partial charge in [-0.1, -0.05) is 18.5 Å². The zero-order chi connectivity index (χ0) is 11.9. The van der Waals surface area contributed by atoms with E-state index in [9.17, 15) is 9.50 Å². The number of aromatic nitrogens is 1. The van der Waals surface area contributed by atoms with Crippen LogP contribution in [0, 0.1) is 12.7 Å². The normalized spacial score (nSPS) is 11.0. The highest BCUT2D eigenvalue weighted by Gasteiger charge is 2.14. The predicted molar refractivity (Wildman–Crippen MR) is 62.5 cm³/mol. The van der Waals surface area contributed by atoms with Crippen LogP contribution in [0.15, 0.2) is 12.1 Å². The Morgan fingerprint density at radius 2 is 2.12 bits per heavy atom. The number of hydrogen-bond donors (Lipinski definition) is 1. The van der Waals surface area contributed by atoms with Crippen LogP contribution in [0.1, 0.15) is 18.2 Å². The highest BCUT2D eigenvalue weighted by molar-refractivity contribution is 6.36. The minimum Gasteiger partial charge on any atom is -0.507 e. The van der Waals surface area contributed by atoms with Crippen LogP contribution in [0.2, 0.25) is 5.02 Å². The van der Waals surface area contributed by atoms with Crippen molar-refractivity contribution in [1.82, 2.24) is 4.98 Å². The average Bonchev–Trinajstić information content (AvgIpc) is 2.28. The minimum absolute atomic E-state index is 0.0198. The quantitative estimate of drug-likeness (QED) is 0.825. The fourth-order valence-electron chi connectivity index (χ4n) is 1.76. The molecule has 1 aromatic carbocycles. The lowest BCUT2D eigenvalue weighted by Gasteiger charge is -2.10. The molecule has 2 nitrogen and oxygen atoms in total. The summed E-state index contributed by atoms with van der Waals surface area (Å²) in [6.07, 6.45) is 0.713. The third-order valence-electron chi connectivity index (χ3n) is 2.69. The van der Waals surface area contributed by atoms with Gasteiger partial charge in [0.15, 0.2) is 0 Å². The first-order chi connectivity index (χ1) is 7.56. The number of rotatable bonds is 1. The third-order valence-corrected chi connectivity index (χ3v) is 3.06. The monoisotopic (exact) mass is 239 g/mol. The fourth-order valence-corrected chi connectivity index (χ4v) is 2.01. The molecule has 0 radical (unpaired) electrons. The van der Waals surface area contributed by atoms with Crippen LogP contribution in [0.5, 0.6) is 5.75 Å². The Kier molecular flexibility index (Phi) is 2.72. The molecule has 2 aromatic rings. The Morgan fingerprint density at radius 3 is 2.75 bits per heavy atom. The molecule has 1 heterocycles. The number of fused-ring (bicyclic) bond motifs is 1. The molecule has 0 fully saturated rings. The van der Waals surface area contributed by atoms with E-state index < -0.39 is 5.82 Å². The summed E-state index contributed by atoms with van der Waals surface area (Å²) in [4.78, 5) is 4.34. The van der Waals surface area contributed by atoms with Crippen molar-refractivity contribution in [3.8, 4) is 5.75 Å². The van der Waals surface area contributed by atoms with Gasteiger partial charge in [0.25, 0.3) is 0 Å². The SMILES string of the molecule is CCc1nc2ccc(F)c(Cl)c2c(O)c1C. The van der Waals surface area contributed by atoms with Gasteiger partial charge in [0.05, 0.1) is 15.9 Å². The van der Waals surface area contributed by atoms with Crippen molar-refractivity contribution >= 4 is 22.5 Å². The molecule has 1 N–H and O–H groups in total. The molecule has 16 heavy (non-hydrogen) atoms. The Labute approximate surface area is 97.7 Å². The molecule has 84 valence electrons. The molecule has 1 aromatic heterocycles. The highest BCUT2D eigenvalue weighted by Crippen LogP contribution is 2.35. The van der Waals surface area contributed by atoms with E-state index in [2.05, 4.69) is 4.98 Å². The summed E-state index contributed by atoms with van der Waals surface area (Å²) >= 11 is 5.82. The lowest BCUT2D eigenvalue weighted by atomic mass is 10.1. The molecule has 2 rings (SSSR count). The van der Waals surface area contributed by atoms with Crippen LogP contribution in [-0.4, -0.2) is 10.1 Å². The Balaban J connectivity index is 2.93. The van der Waals surface area contributed by atoms with Crippen LogP contribution in [-0.2, 0) is 6.42 Å². The molecule has 0 unspecified atom stereocenters. The van der Waals surface area contributed by atoms with Crippen LogP contribution in [0.4, 0.5) is 4.39 Å². The molecule has 0 saturated heterocycles. The van der Waals surface area contributed by atoms with Crippen molar-refractivity contribution < 1.29 is 9.50 Å². The van der Waals surface area contributed by atoms with Crippen LogP contribution >= 0.6 is 11.6 Å². The summed E-state index contributed by atoms with van der Waals surface area (Å²) in [5.74, 6) is -0.527. The predicted octanol–water partition coefficient (Wildman–Crippen LogP) is 3.60. The van der Waals surface area contributed by atoms with E-state index in [1.54, 1.807) is 6.92 Å². The van der Waals surface area contributed by atoms with E-state index in [1.165, 1.54) is 12.1 Å². The van der Waals surface area contributed by atoms with Crippen molar-refractivity contribution in [1.29, 1.82) is 0 Å². The van der Waals surface area contributed by atoms with Crippen LogP contribution in [0.3, 0.4) is 0 Å². The number of hydrogen-bond acceptors (Lipinski definition) is 2. The van der Waals surface area contributed by atoms with Gasteiger partial charge in [-0.25, -0.2) is 4.39 Å². The highest BCUT2D eigenvalue weighted by atomic mass is 35.5. The van der Waals surface area contributed by atoms with E-state index in [1.807, 2.05) is 6.92 Å². The van der Waals surface area contributed by atoms with Gasteiger partial charge < -0.3 is 5.11 Å². The molecule has 0 aliphatic carbocycles. The molecule has 0 saturated carbocycles. The summed E-state index contributed by atoms with van der Waals surface area (Å²) in [6.45, 7) is 3.70. The smallest absolute Gasteiger partial charge is 0.142 e. The molecule has 0 spiro atoms. The Hall–Kier alpha value is -1.35. The second kappa shape index (κ2) is 3.91. The molecule has 0 aliphatic heterocycles. The number of halogens is 2. The number of pyridine rings is 1. The van der Waals surface area contributed by atoms with Gasteiger partial charge in [-0.3, -0.25) is 4.98 Å². The van der Waals surface area contributed by atoms with Gasteiger partial charge in [-0.15, -0.1) is 0 Å². The first kappa shape index (κ1) is 11.1. The van der Waals surface area contributed by atoms with Crippen molar-refractivity contribution in [3.63, 3.8) is 0 Å². The topological polar surface area (TPSA) is 33.1 Å². The van der Waals surface area contributed by atoms with Crippen LogP contribution < -0.4 is 0 Å². The summed E-state index contributed by atoms with van der Waals surface area (Å²) < 4.78 is 13.3. The van der Waals surface area contributed by atoms with Gasteiger partial charge in [-0.05, 0) is 25.5 Å². The minimum atomic E-state index is -0.546. The largest absolute Gasteiger partial charge is 0.507 e. The maximum absolute atomic E-state index is 13.3. The van der Waals surface area contributed by atoms with Gasteiger partial charge >= 0.3 is 0 Å². The van der Waals surface area contributed by atoms with Gasteiger partial charge in [0, 0.05) is 11.3 Å². The van der Waals surface area contributed by atoms with Crippen molar-refractivity contribution in [2.24, 2.45) is 0 Å². The fraction of sp³-hybridized carbons (Fsp3) is 0.250. The molecule has 0 amide bonds. The molecular formula is C12H11ClFNO. The average molecular weight is 240 g/mol. The zero-order valence-electron chi connectivity index (χ0n) is 9.01. The van der Waals surface area contributed by atoms with Gasteiger partial charge in [0.1, 0.15) is 11.6 Å². The van der Waals surface area contributed by atoms with E-state index in [0.29, 0.717) is 17.5 Å². The summed E-state index contributed by atoms with van der Waals surface area (Å²) in [7, 11) is 0. The molecular weight excluding hydrogens is 229 g/mol. The van der Waals surface area contributed by atoms with Gasteiger partial charge in [-0.2, -0.15) is 0 Å². The summed E-state index contributed by atoms with van der Waals surface area (Å²) in [5.41, 5.74) is 1.97. The van der Waals surface area contributed by atoms with Crippen LogP contribution in [0.25, 0.3) is 10.9 Å². The van der Waals surface area contributed by atoms with Crippen molar-refractivity contribution in [2.75, 3.05) is 0 Å². The number of aryl methyl sites for hydroxylation is 1. The first-order valence-electron chi connectivity index (χ1n) is 5.02. The number of nitrogens with zero attached hydrogens (tertiary/aromatic N) is 1. The number of benzene rings is 1. The third kappa shape index (κ3) is 1.52. The Bertz CT molecular complexity index is 569. The summed E-state index contributed by atoms with van der Waals surface area (Å²) in [5, 5.41) is 10.2. The van der Waals surface area contributed by atoms with Crippen molar-refractivity contribution in [3.05, 3.63) is 34.2 Å². The standard InChI is InChI=1S/C12H11ClFNO/c1-3-8-6(2)12(16)10-9(15-8)5-4-7(14)11(10)13/h4-5H,3H2,1-2H3,(H,15,16). The first-order valence-corrected chi connectivity index (χ1v) is 5.40. The lowest BCUT2D eigenvalue weighted by molar-refractivity contribution is 0.475.